The van der Waals surface area contributed by atoms with Crippen molar-refractivity contribution < 1.29 is 0 Å². The number of nitrogens with zero attached hydrogens (tertiary/aromatic N) is 1. The average Bonchev–Trinajstić information content (AvgIpc) is 3.15. The first-order chi connectivity index (χ1) is 9.85. The molecule has 1 saturated carbocycles. The van der Waals surface area contributed by atoms with E-state index in [2.05, 4.69) is 47.6 Å². The van der Waals surface area contributed by atoms with E-state index < -0.39 is 0 Å². The van der Waals surface area contributed by atoms with Crippen LogP contribution in [0.25, 0.3) is 0 Å². The topological polar surface area (TPSA) is 24.9 Å². The fraction of sp³-hybridized carbons (Fsp3) is 0.471. The molecule has 1 N–H and O–H groups in total. The molecule has 0 radical (unpaired) electrons. The SMILES string of the molecule is CCCNC(Cc1cncs1)C1(c2ccccc2)CC1. The largest absolute Gasteiger partial charge is 0.313 e. The summed E-state index contributed by atoms with van der Waals surface area (Å²) in [5.74, 6) is 0. The maximum Gasteiger partial charge on any atom is 0.0794 e. The van der Waals surface area contributed by atoms with Gasteiger partial charge in [-0.3, -0.25) is 4.98 Å². The second kappa shape index (κ2) is 6.06. The molecule has 3 heteroatoms. The van der Waals surface area contributed by atoms with Gasteiger partial charge in [-0.15, -0.1) is 11.3 Å². The van der Waals surface area contributed by atoms with E-state index in [9.17, 15) is 0 Å². The molecule has 20 heavy (non-hydrogen) atoms. The minimum Gasteiger partial charge on any atom is -0.313 e. The van der Waals surface area contributed by atoms with E-state index in [4.69, 9.17) is 0 Å². The van der Waals surface area contributed by atoms with Crippen LogP contribution in [0.4, 0.5) is 0 Å². The van der Waals surface area contributed by atoms with Crippen LogP contribution in [0.2, 0.25) is 0 Å². The Morgan fingerprint density at radius 2 is 2.10 bits per heavy atom. The van der Waals surface area contributed by atoms with Gasteiger partial charge in [-0.25, -0.2) is 0 Å². The molecule has 1 atom stereocenters. The molecule has 1 aromatic carbocycles. The molecule has 1 heterocycles. The van der Waals surface area contributed by atoms with Crippen LogP contribution < -0.4 is 5.32 Å². The molecule has 1 aliphatic rings. The van der Waals surface area contributed by atoms with E-state index in [0.717, 1.165) is 13.0 Å². The number of hydrogen-bond acceptors (Lipinski definition) is 3. The van der Waals surface area contributed by atoms with Crippen molar-refractivity contribution in [3.63, 3.8) is 0 Å². The summed E-state index contributed by atoms with van der Waals surface area (Å²) in [6, 6.07) is 11.6. The van der Waals surface area contributed by atoms with E-state index in [1.807, 2.05) is 11.7 Å². The van der Waals surface area contributed by atoms with Gasteiger partial charge in [-0.2, -0.15) is 0 Å². The molecular weight excluding hydrogens is 264 g/mol. The summed E-state index contributed by atoms with van der Waals surface area (Å²) in [6.07, 6.45) is 6.91. The van der Waals surface area contributed by atoms with Crippen LogP contribution in [0.1, 0.15) is 36.6 Å². The third-order valence-corrected chi connectivity index (χ3v) is 5.14. The Morgan fingerprint density at radius 3 is 2.70 bits per heavy atom. The van der Waals surface area contributed by atoms with Gasteiger partial charge in [0.1, 0.15) is 0 Å². The zero-order valence-electron chi connectivity index (χ0n) is 12.0. The molecule has 0 spiro atoms. The van der Waals surface area contributed by atoms with Gasteiger partial charge in [0.25, 0.3) is 0 Å². The lowest BCUT2D eigenvalue weighted by molar-refractivity contribution is 0.414. The molecule has 1 aromatic heterocycles. The smallest absolute Gasteiger partial charge is 0.0794 e. The zero-order chi connectivity index (χ0) is 13.8. The van der Waals surface area contributed by atoms with Crippen LogP contribution in [0.3, 0.4) is 0 Å². The highest BCUT2D eigenvalue weighted by Crippen LogP contribution is 2.51. The maximum atomic E-state index is 4.22. The van der Waals surface area contributed by atoms with Crippen molar-refractivity contribution in [3.05, 3.63) is 52.5 Å². The number of benzene rings is 1. The molecule has 2 aromatic rings. The third kappa shape index (κ3) is 2.79. The van der Waals surface area contributed by atoms with Gasteiger partial charge in [0.05, 0.1) is 5.51 Å². The minimum atomic E-state index is 0.348. The predicted molar refractivity (Wildman–Crippen MR) is 85.3 cm³/mol. The molecule has 3 rings (SSSR count). The zero-order valence-corrected chi connectivity index (χ0v) is 12.8. The van der Waals surface area contributed by atoms with Gasteiger partial charge in [-0.1, -0.05) is 37.3 Å². The number of aromatic nitrogens is 1. The second-order valence-electron chi connectivity index (χ2n) is 5.70. The van der Waals surface area contributed by atoms with Crippen LogP contribution >= 0.6 is 11.3 Å². The monoisotopic (exact) mass is 286 g/mol. The first-order valence-electron chi connectivity index (χ1n) is 7.51. The van der Waals surface area contributed by atoms with E-state index in [1.54, 1.807) is 11.3 Å². The lowest BCUT2D eigenvalue weighted by Crippen LogP contribution is -2.42. The number of rotatable bonds is 7. The van der Waals surface area contributed by atoms with Crippen molar-refractivity contribution in [1.82, 2.24) is 10.3 Å². The lowest BCUT2D eigenvalue weighted by Gasteiger charge is -2.28. The highest BCUT2D eigenvalue weighted by molar-refractivity contribution is 7.09. The highest BCUT2D eigenvalue weighted by Gasteiger charge is 2.50. The normalized spacial score (nSPS) is 17.9. The number of nitrogens with one attached hydrogen (secondary N) is 1. The Morgan fingerprint density at radius 1 is 1.30 bits per heavy atom. The molecule has 0 bridgehead atoms. The molecule has 0 amide bonds. The van der Waals surface area contributed by atoms with Crippen LogP contribution in [-0.4, -0.2) is 17.6 Å². The summed E-state index contributed by atoms with van der Waals surface area (Å²) < 4.78 is 0. The molecule has 0 aliphatic heterocycles. The molecule has 106 valence electrons. The minimum absolute atomic E-state index is 0.348. The van der Waals surface area contributed by atoms with E-state index in [1.165, 1.54) is 29.7 Å². The van der Waals surface area contributed by atoms with E-state index in [0.29, 0.717) is 11.5 Å². The van der Waals surface area contributed by atoms with Gasteiger partial charge in [0.15, 0.2) is 0 Å². The van der Waals surface area contributed by atoms with Crippen molar-refractivity contribution in [2.24, 2.45) is 0 Å². The standard InChI is InChI=1S/C17H22N2S/c1-2-10-19-16(11-15-12-18-13-20-15)17(8-9-17)14-6-4-3-5-7-14/h3-7,12-13,16,19H,2,8-11H2,1H3. The van der Waals surface area contributed by atoms with Crippen LogP contribution in [0, 0.1) is 0 Å². The van der Waals surface area contributed by atoms with Crippen molar-refractivity contribution in [2.75, 3.05) is 6.54 Å². The average molecular weight is 286 g/mol. The summed E-state index contributed by atoms with van der Waals surface area (Å²) in [4.78, 5) is 5.61. The predicted octanol–water partition coefficient (Wildman–Crippen LogP) is 3.79. The molecule has 2 nitrogen and oxygen atoms in total. The molecule has 1 aliphatic carbocycles. The Bertz CT molecular complexity index is 517. The van der Waals surface area contributed by atoms with E-state index >= 15 is 0 Å². The fourth-order valence-electron chi connectivity index (χ4n) is 3.07. The fourth-order valence-corrected chi connectivity index (χ4v) is 3.71. The van der Waals surface area contributed by atoms with Gasteiger partial charge >= 0.3 is 0 Å². The molecule has 1 fully saturated rings. The third-order valence-electron chi connectivity index (χ3n) is 4.33. The highest BCUT2D eigenvalue weighted by atomic mass is 32.1. The Labute approximate surface area is 125 Å². The summed E-state index contributed by atoms with van der Waals surface area (Å²) in [7, 11) is 0. The van der Waals surface area contributed by atoms with Gasteiger partial charge in [0, 0.05) is 22.5 Å². The second-order valence-corrected chi connectivity index (χ2v) is 6.67. The van der Waals surface area contributed by atoms with Gasteiger partial charge in [-0.05, 0) is 37.8 Å². The number of thiazole rings is 1. The van der Waals surface area contributed by atoms with Gasteiger partial charge in [0.2, 0.25) is 0 Å². The van der Waals surface area contributed by atoms with Gasteiger partial charge < -0.3 is 5.32 Å². The summed E-state index contributed by atoms with van der Waals surface area (Å²) in [6.45, 7) is 3.33. The number of hydrogen-bond donors (Lipinski definition) is 1. The summed E-state index contributed by atoms with van der Waals surface area (Å²) in [5.41, 5.74) is 3.78. The van der Waals surface area contributed by atoms with Crippen molar-refractivity contribution in [1.29, 1.82) is 0 Å². The lowest BCUT2D eigenvalue weighted by atomic mass is 9.85. The van der Waals surface area contributed by atoms with Crippen LogP contribution in [-0.2, 0) is 11.8 Å². The summed E-state index contributed by atoms with van der Waals surface area (Å²) >= 11 is 1.77. The van der Waals surface area contributed by atoms with Crippen molar-refractivity contribution in [3.8, 4) is 0 Å². The first-order valence-corrected chi connectivity index (χ1v) is 8.39. The van der Waals surface area contributed by atoms with E-state index in [-0.39, 0.29) is 0 Å². The molecular formula is C17H22N2S. The first kappa shape index (κ1) is 13.8. The Kier molecular flexibility index (Phi) is 4.18. The quantitative estimate of drug-likeness (QED) is 0.837. The van der Waals surface area contributed by atoms with Crippen molar-refractivity contribution >= 4 is 11.3 Å². The molecule has 0 saturated heterocycles. The Balaban J connectivity index is 1.81. The molecule has 1 unspecified atom stereocenters. The van der Waals surface area contributed by atoms with Crippen LogP contribution in [0.15, 0.2) is 42.0 Å². The van der Waals surface area contributed by atoms with Crippen molar-refractivity contribution in [2.45, 2.75) is 44.1 Å². The maximum absolute atomic E-state index is 4.22. The van der Waals surface area contributed by atoms with Crippen LogP contribution in [0.5, 0.6) is 0 Å². The Hall–Kier alpha value is -1.19. The summed E-state index contributed by atoms with van der Waals surface area (Å²) in [5, 5.41) is 3.79.